The number of nitrogens with zero attached hydrogens (tertiary/aromatic N) is 4. The van der Waals surface area contributed by atoms with Crippen LogP contribution in [0.3, 0.4) is 0 Å². The Morgan fingerprint density at radius 1 is 1.00 bits per heavy atom. The first-order chi connectivity index (χ1) is 6.90. The summed E-state index contributed by atoms with van der Waals surface area (Å²) in [6.07, 6.45) is 7.90. The summed E-state index contributed by atoms with van der Waals surface area (Å²) in [6, 6.07) is 0. The molecule has 5 heteroatoms. The average molecular weight is 188 g/mol. The van der Waals surface area contributed by atoms with Gasteiger partial charge in [0, 0.05) is 30.4 Å². The molecule has 0 amide bonds. The van der Waals surface area contributed by atoms with Crippen molar-refractivity contribution in [3.63, 3.8) is 0 Å². The van der Waals surface area contributed by atoms with Gasteiger partial charge < -0.3 is 5.11 Å². The molecular weight excluding hydrogens is 180 g/mol. The minimum absolute atomic E-state index is 0.0548. The van der Waals surface area contributed by atoms with E-state index in [0.29, 0.717) is 17.1 Å². The number of rotatable bonds is 2. The Labute approximate surface area is 80.5 Å². The molecule has 2 rings (SSSR count). The molecule has 0 saturated carbocycles. The second-order valence-corrected chi connectivity index (χ2v) is 2.66. The zero-order chi connectivity index (χ0) is 9.80. The van der Waals surface area contributed by atoms with Crippen LogP contribution < -0.4 is 0 Å². The Morgan fingerprint density at radius 2 is 1.79 bits per heavy atom. The van der Waals surface area contributed by atoms with Gasteiger partial charge in [-0.3, -0.25) is 4.98 Å². The molecule has 2 aromatic rings. The van der Waals surface area contributed by atoms with E-state index in [0.717, 1.165) is 0 Å². The van der Waals surface area contributed by atoms with E-state index in [1.165, 1.54) is 0 Å². The SMILES string of the molecule is OCc1cnc(-c2cnccn2)nc1. The van der Waals surface area contributed by atoms with Gasteiger partial charge in [0.2, 0.25) is 0 Å². The van der Waals surface area contributed by atoms with Crippen LogP contribution in [0.15, 0.2) is 31.0 Å². The fourth-order valence-electron chi connectivity index (χ4n) is 0.983. The molecule has 0 fully saturated rings. The fourth-order valence-corrected chi connectivity index (χ4v) is 0.983. The van der Waals surface area contributed by atoms with Crippen LogP contribution in [-0.2, 0) is 6.61 Å². The van der Waals surface area contributed by atoms with Crippen molar-refractivity contribution >= 4 is 0 Å². The maximum atomic E-state index is 8.79. The lowest BCUT2D eigenvalue weighted by molar-refractivity contribution is 0.281. The Balaban J connectivity index is 2.34. The standard InChI is InChI=1S/C9H8N4O/c14-6-7-3-12-9(13-4-7)8-5-10-1-2-11-8/h1-5,14H,6H2. The summed E-state index contributed by atoms with van der Waals surface area (Å²) < 4.78 is 0. The molecule has 5 nitrogen and oxygen atoms in total. The van der Waals surface area contributed by atoms with Crippen LogP contribution in [0.5, 0.6) is 0 Å². The highest BCUT2D eigenvalue weighted by Crippen LogP contribution is 2.08. The van der Waals surface area contributed by atoms with Crippen LogP contribution >= 0.6 is 0 Å². The highest BCUT2D eigenvalue weighted by Gasteiger charge is 2.01. The van der Waals surface area contributed by atoms with Crippen LogP contribution in [0.2, 0.25) is 0 Å². The van der Waals surface area contributed by atoms with Crippen molar-refractivity contribution in [2.24, 2.45) is 0 Å². The topological polar surface area (TPSA) is 71.8 Å². The maximum absolute atomic E-state index is 8.79. The van der Waals surface area contributed by atoms with Gasteiger partial charge in [-0.15, -0.1) is 0 Å². The summed E-state index contributed by atoms with van der Waals surface area (Å²) in [5, 5.41) is 8.79. The minimum atomic E-state index is -0.0548. The third-order valence-corrected chi connectivity index (χ3v) is 1.68. The smallest absolute Gasteiger partial charge is 0.179 e. The molecule has 1 N–H and O–H groups in total. The highest BCUT2D eigenvalue weighted by atomic mass is 16.3. The third-order valence-electron chi connectivity index (χ3n) is 1.68. The van der Waals surface area contributed by atoms with Gasteiger partial charge in [-0.1, -0.05) is 0 Å². The van der Waals surface area contributed by atoms with Crippen molar-refractivity contribution in [1.82, 2.24) is 19.9 Å². The largest absolute Gasteiger partial charge is 0.392 e. The van der Waals surface area contributed by atoms with Crippen molar-refractivity contribution in [1.29, 1.82) is 0 Å². The van der Waals surface area contributed by atoms with E-state index >= 15 is 0 Å². The van der Waals surface area contributed by atoms with E-state index in [9.17, 15) is 0 Å². The third kappa shape index (κ3) is 1.72. The van der Waals surface area contributed by atoms with Crippen molar-refractivity contribution in [3.8, 4) is 11.5 Å². The van der Waals surface area contributed by atoms with Crippen molar-refractivity contribution in [3.05, 3.63) is 36.5 Å². The van der Waals surface area contributed by atoms with Crippen molar-refractivity contribution in [2.75, 3.05) is 0 Å². The summed E-state index contributed by atoms with van der Waals surface area (Å²) in [5.41, 5.74) is 1.30. The summed E-state index contributed by atoms with van der Waals surface area (Å²) in [4.78, 5) is 16.1. The molecule has 0 aliphatic carbocycles. The van der Waals surface area contributed by atoms with E-state index < -0.39 is 0 Å². The number of hydrogen-bond acceptors (Lipinski definition) is 5. The summed E-state index contributed by atoms with van der Waals surface area (Å²) >= 11 is 0. The molecule has 2 heterocycles. The average Bonchev–Trinajstić information content (AvgIpc) is 2.30. The Kier molecular flexibility index (Phi) is 2.42. The zero-order valence-electron chi connectivity index (χ0n) is 7.33. The monoisotopic (exact) mass is 188 g/mol. The van der Waals surface area contributed by atoms with Gasteiger partial charge in [0.15, 0.2) is 5.82 Å². The molecule has 0 bridgehead atoms. The van der Waals surface area contributed by atoms with Crippen LogP contribution in [0.25, 0.3) is 11.5 Å². The predicted octanol–water partition coefficient (Wildman–Crippen LogP) is 0.426. The number of aromatic nitrogens is 4. The molecule has 0 atom stereocenters. The minimum Gasteiger partial charge on any atom is -0.392 e. The fraction of sp³-hybridized carbons (Fsp3) is 0.111. The Hall–Kier alpha value is -1.88. The van der Waals surface area contributed by atoms with Crippen LogP contribution in [0, 0.1) is 0 Å². The zero-order valence-corrected chi connectivity index (χ0v) is 7.33. The maximum Gasteiger partial charge on any atom is 0.179 e. The highest BCUT2D eigenvalue weighted by molar-refractivity contribution is 5.46. The van der Waals surface area contributed by atoms with Gasteiger partial charge >= 0.3 is 0 Å². The lowest BCUT2D eigenvalue weighted by Crippen LogP contribution is -1.94. The lowest BCUT2D eigenvalue weighted by atomic mass is 10.3. The number of aliphatic hydroxyl groups excluding tert-OH is 1. The van der Waals surface area contributed by atoms with Gasteiger partial charge in [-0.2, -0.15) is 0 Å². The van der Waals surface area contributed by atoms with Crippen LogP contribution in [0.4, 0.5) is 0 Å². The molecule has 0 radical (unpaired) electrons. The molecule has 0 aliphatic rings. The van der Waals surface area contributed by atoms with E-state index in [-0.39, 0.29) is 6.61 Å². The number of hydrogen-bond donors (Lipinski definition) is 1. The molecule has 0 spiro atoms. The second kappa shape index (κ2) is 3.89. The van der Waals surface area contributed by atoms with Crippen molar-refractivity contribution < 1.29 is 5.11 Å². The molecule has 14 heavy (non-hydrogen) atoms. The summed E-state index contributed by atoms with van der Waals surface area (Å²) in [6.45, 7) is -0.0548. The molecule has 70 valence electrons. The first-order valence-corrected chi connectivity index (χ1v) is 4.08. The molecule has 0 aromatic carbocycles. The lowest BCUT2D eigenvalue weighted by Gasteiger charge is -1.98. The van der Waals surface area contributed by atoms with Gasteiger partial charge in [-0.25, -0.2) is 15.0 Å². The molecular formula is C9H8N4O. The van der Waals surface area contributed by atoms with Gasteiger partial charge in [0.05, 0.1) is 12.8 Å². The number of aliphatic hydroxyl groups is 1. The first kappa shape index (κ1) is 8.71. The quantitative estimate of drug-likeness (QED) is 0.739. The van der Waals surface area contributed by atoms with E-state index in [2.05, 4.69) is 19.9 Å². The molecule has 2 aromatic heterocycles. The van der Waals surface area contributed by atoms with Crippen LogP contribution in [0.1, 0.15) is 5.56 Å². The Morgan fingerprint density at radius 3 is 2.36 bits per heavy atom. The van der Waals surface area contributed by atoms with Gasteiger partial charge in [0.25, 0.3) is 0 Å². The summed E-state index contributed by atoms with van der Waals surface area (Å²) in [7, 11) is 0. The van der Waals surface area contributed by atoms with E-state index in [4.69, 9.17) is 5.11 Å². The van der Waals surface area contributed by atoms with Gasteiger partial charge in [-0.05, 0) is 0 Å². The second-order valence-electron chi connectivity index (χ2n) is 2.66. The van der Waals surface area contributed by atoms with Crippen molar-refractivity contribution in [2.45, 2.75) is 6.61 Å². The van der Waals surface area contributed by atoms with E-state index in [1.54, 1.807) is 31.0 Å². The summed E-state index contributed by atoms with van der Waals surface area (Å²) in [5.74, 6) is 0.510. The molecule has 0 saturated heterocycles. The van der Waals surface area contributed by atoms with Crippen LogP contribution in [-0.4, -0.2) is 25.0 Å². The molecule has 0 aliphatic heterocycles. The van der Waals surface area contributed by atoms with Gasteiger partial charge in [0.1, 0.15) is 5.69 Å². The Bertz CT molecular complexity index is 401. The predicted molar refractivity (Wildman–Crippen MR) is 49.0 cm³/mol. The first-order valence-electron chi connectivity index (χ1n) is 4.08. The normalized spacial score (nSPS) is 10.1. The van der Waals surface area contributed by atoms with E-state index in [1.807, 2.05) is 0 Å². The molecule has 0 unspecified atom stereocenters.